The zero-order valence-corrected chi connectivity index (χ0v) is 65.7. The molecule has 0 saturated carbocycles. The summed E-state index contributed by atoms with van der Waals surface area (Å²) >= 11 is 0. The number of esters is 3. The predicted molar refractivity (Wildman–Crippen MR) is 421 cm³/mol. The molecule has 0 saturated heterocycles. The van der Waals surface area contributed by atoms with Crippen molar-refractivity contribution in [3.05, 3.63) is 231 Å². The number of aromatic nitrogens is 3. The van der Waals surface area contributed by atoms with Gasteiger partial charge in [-0.1, -0.05) is 145 Å². The van der Waals surface area contributed by atoms with Gasteiger partial charge in [0.2, 0.25) is 45.0 Å². The van der Waals surface area contributed by atoms with E-state index in [2.05, 4.69) is 82.9 Å². The molecule has 0 bridgehead atoms. The highest BCUT2D eigenvalue weighted by atomic mass is 32.2. The van der Waals surface area contributed by atoms with Crippen molar-refractivity contribution in [2.24, 2.45) is 0 Å². The second kappa shape index (κ2) is 40.4. The van der Waals surface area contributed by atoms with Gasteiger partial charge < -0.3 is 65.5 Å². The molecule has 6 aromatic carbocycles. The number of benzene rings is 6. The quantitative estimate of drug-likeness (QED) is 0.00775. The van der Waals surface area contributed by atoms with Gasteiger partial charge in [0.05, 0.1) is 30.4 Å². The number of sulfonamides is 1. The fourth-order valence-electron chi connectivity index (χ4n) is 12.8. The van der Waals surface area contributed by atoms with Gasteiger partial charge in [0.1, 0.15) is 47.0 Å². The fraction of sp³-hybridized carbons (Fsp3) is 0.386. The normalized spacial score (nSPS) is 12.4. The Morgan fingerprint density at radius 3 is 1.63 bits per heavy atom. The van der Waals surface area contributed by atoms with E-state index in [1.807, 2.05) is 73.8 Å². The van der Waals surface area contributed by atoms with E-state index in [1.165, 1.54) is 6.20 Å². The Balaban J connectivity index is 0.861. The maximum absolute atomic E-state index is 14.5. The largest absolute Gasteiger partial charge is 0.468 e. The Morgan fingerprint density at radius 2 is 1.10 bits per heavy atom. The second-order valence-corrected chi connectivity index (χ2v) is 30.6. The second-order valence-electron chi connectivity index (χ2n) is 28.9. The number of amides is 6. The minimum Gasteiger partial charge on any atom is -0.468 e. The molecular weight excluding hydrogens is 1460 g/mol. The summed E-state index contributed by atoms with van der Waals surface area (Å²) in [6, 6.07) is 43.1. The van der Waals surface area contributed by atoms with Crippen LogP contribution in [0.25, 0.3) is 10.9 Å². The van der Waals surface area contributed by atoms with Crippen molar-refractivity contribution in [1.29, 1.82) is 0 Å². The van der Waals surface area contributed by atoms with Crippen LogP contribution in [0.1, 0.15) is 141 Å². The molecule has 0 aliphatic heterocycles. The molecular formula is C83H101N11O17S. The average molecular weight is 1560 g/mol. The van der Waals surface area contributed by atoms with Gasteiger partial charge in [-0.3, -0.25) is 47.7 Å². The number of carbonyl (C=O) groups excluding carboxylic acids is 9. The fourth-order valence-corrected chi connectivity index (χ4v) is 14.4. The molecule has 2 aromatic heterocycles. The molecule has 3 atom stereocenters. The molecule has 8 rings (SSSR count). The van der Waals surface area contributed by atoms with Crippen LogP contribution in [-0.4, -0.2) is 152 Å². The van der Waals surface area contributed by atoms with Crippen LogP contribution in [0.15, 0.2) is 180 Å². The lowest BCUT2D eigenvalue weighted by Gasteiger charge is -2.38. The SMILES string of the molecule is COC(=O)C(CNC(=O)c1cn(CCCNC(=O)CCC(=O)NCCCOCCCNC(=O)C(CC(=O)OC(C)(C)C)NC(=O)C(CC(=O)OC(C)(C)C)NC(=O)OCc2ccccc2)c2cc(CNc3nccn3C(c3ccccc3)(c3ccccc3)c3ccccc3)ccc2c1=O)NS(=O)(=O)c1c(C)cc(C)cc1C. The van der Waals surface area contributed by atoms with E-state index >= 15 is 0 Å². The summed E-state index contributed by atoms with van der Waals surface area (Å²) in [5.41, 5.74) is 2.82. The number of alkyl carbamates (subject to hydrolysis) is 1. The van der Waals surface area contributed by atoms with Crippen LogP contribution >= 0.6 is 0 Å². The first-order valence-electron chi connectivity index (χ1n) is 37.0. The first-order chi connectivity index (χ1) is 53.3. The summed E-state index contributed by atoms with van der Waals surface area (Å²) in [6.07, 6.45) is 3.52. The molecule has 3 unspecified atom stereocenters. The number of anilines is 1. The summed E-state index contributed by atoms with van der Waals surface area (Å²) in [5.74, 6) is -5.49. The summed E-state index contributed by atoms with van der Waals surface area (Å²) in [6.45, 7) is 15.4. The van der Waals surface area contributed by atoms with Crippen LogP contribution in [0.2, 0.25) is 0 Å². The van der Waals surface area contributed by atoms with Crippen molar-refractivity contribution in [1.82, 2.24) is 50.7 Å². The number of aryl methyl sites for hydroxylation is 4. The minimum absolute atomic E-state index is 0.0319. The van der Waals surface area contributed by atoms with Gasteiger partial charge in [-0.2, -0.15) is 4.72 Å². The average Bonchev–Trinajstić information content (AvgIpc) is 1.28. The Morgan fingerprint density at radius 1 is 0.580 bits per heavy atom. The van der Waals surface area contributed by atoms with Crippen molar-refractivity contribution in [3.8, 4) is 0 Å². The number of ether oxygens (including phenoxy) is 5. The predicted octanol–water partition coefficient (Wildman–Crippen LogP) is 8.38. The Kier molecular flexibility index (Phi) is 31.0. The molecule has 596 valence electrons. The molecule has 0 radical (unpaired) electrons. The highest BCUT2D eigenvalue weighted by Crippen LogP contribution is 2.42. The highest BCUT2D eigenvalue weighted by molar-refractivity contribution is 7.89. The number of pyridine rings is 1. The number of hydrogen-bond donors (Lipinski definition) is 8. The number of methoxy groups -OCH3 is 1. The van der Waals surface area contributed by atoms with E-state index in [0.717, 1.165) is 34.9 Å². The molecule has 8 aromatic rings. The van der Waals surface area contributed by atoms with Gasteiger partial charge in [0.15, 0.2) is 0 Å². The number of carbonyl (C=O) groups is 9. The van der Waals surface area contributed by atoms with E-state index < -0.39 is 117 Å². The van der Waals surface area contributed by atoms with Crippen LogP contribution in [0.3, 0.4) is 0 Å². The van der Waals surface area contributed by atoms with Crippen molar-refractivity contribution >= 4 is 80.4 Å². The third kappa shape index (κ3) is 25.0. The van der Waals surface area contributed by atoms with Crippen LogP contribution in [0, 0.1) is 20.8 Å². The van der Waals surface area contributed by atoms with Gasteiger partial charge in [0, 0.05) is 89.3 Å². The molecule has 0 fully saturated rings. The molecule has 0 spiro atoms. The van der Waals surface area contributed by atoms with Gasteiger partial charge in [-0.15, -0.1) is 0 Å². The number of nitrogens with one attached hydrogen (secondary N) is 8. The Hall–Kier alpha value is -11.6. The number of nitrogens with zero attached hydrogens (tertiary/aromatic N) is 3. The maximum Gasteiger partial charge on any atom is 0.408 e. The van der Waals surface area contributed by atoms with Crippen LogP contribution < -0.4 is 47.4 Å². The van der Waals surface area contributed by atoms with E-state index in [1.54, 1.807) is 121 Å². The maximum atomic E-state index is 14.5. The number of hydrogen-bond acceptors (Lipinski definition) is 19. The monoisotopic (exact) mass is 1560 g/mol. The summed E-state index contributed by atoms with van der Waals surface area (Å²) < 4.78 is 60.7. The van der Waals surface area contributed by atoms with Crippen molar-refractivity contribution in [2.45, 2.75) is 167 Å². The van der Waals surface area contributed by atoms with Gasteiger partial charge in [-0.05, 0) is 133 Å². The number of imidazole rings is 1. The lowest BCUT2D eigenvalue weighted by Crippen LogP contribution is -2.55. The van der Waals surface area contributed by atoms with Crippen LogP contribution in [0.4, 0.5) is 10.7 Å². The lowest BCUT2D eigenvalue weighted by atomic mass is 9.76. The van der Waals surface area contributed by atoms with Crippen LogP contribution in [-0.2, 0) is 92.5 Å². The molecule has 112 heavy (non-hydrogen) atoms. The molecule has 6 amide bonds. The van der Waals surface area contributed by atoms with E-state index in [-0.39, 0.29) is 93.6 Å². The van der Waals surface area contributed by atoms with E-state index in [0.29, 0.717) is 41.0 Å². The third-order valence-corrected chi connectivity index (χ3v) is 19.4. The minimum atomic E-state index is -4.35. The van der Waals surface area contributed by atoms with Crippen molar-refractivity contribution in [3.63, 3.8) is 0 Å². The van der Waals surface area contributed by atoms with Gasteiger partial charge >= 0.3 is 24.0 Å². The summed E-state index contributed by atoms with van der Waals surface area (Å²) in [7, 11) is -3.27. The van der Waals surface area contributed by atoms with Crippen molar-refractivity contribution < 1.29 is 75.3 Å². The lowest BCUT2D eigenvalue weighted by molar-refractivity contribution is -0.158. The number of rotatable bonds is 39. The first kappa shape index (κ1) is 86.0. The molecule has 28 nitrogen and oxygen atoms in total. The van der Waals surface area contributed by atoms with Gasteiger partial charge in [-0.25, -0.2) is 18.2 Å². The standard InChI is InChI=1S/C83H101N11O17S/c1-55-46-56(2)74(57(3)47-55)112(105,106)92-67(78(103)107-10)52-88-75(100)64-53-93(68-48-59(34-35-63(68)73(64)99)51-89-79-87-41-43-94(79)83(60-28-17-12-18-29-60,61-30-19-13-20-31-61)62-32-21-14-22-33-62)42-23-38-84-69(95)36-37-70(96)85-39-24-44-108-45-25-40-86-76(101)65(49-71(97)110-81(4,5)6)90-77(102)66(50-72(98)111-82(7,8)9)91-80(104)109-54-58-26-15-11-16-27-58/h11-22,26-35,41,43,46-48,53,65-67,92H,23-25,36-40,42,44-45,49-52,54H2,1-10H3,(H,84,95)(H,85,96)(H,86,101)(H,87,89)(H,88,100)(H,90,102)(H,91,104). The number of fused-ring (bicyclic) bond motifs is 1. The van der Waals surface area contributed by atoms with Crippen molar-refractivity contribution in [2.75, 3.05) is 51.8 Å². The molecule has 8 N–H and O–H groups in total. The van der Waals surface area contributed by atoms with E-state index in [4.69, 9.17) is 28.7 Å². The van der Waals surface area contributed by atoms with E-state index in [9.17, 15) is 56.4 Å². The van der Waals surface area contributed by atoms with Crippen LogP contribution in [0.5, 0.6) is 0 Å². The molecule has 2 heterocycles. The first-order valence-corrected chi connectivity index (χ1v) is 38.5. The highest BCUT2D eigenvalue weighted by Gasteiger charge is 2.40. The van der Waals surface area contributed by atoms with Gasteiger partial charge in [0.25, 0.3) is 5.91 Å². The smallest absolute Gasteiger partial charge is 0.408 e. The molecule has 29 heteroatoms. The molecule has 0 aliphatic rings. The molecule has 0 aliphatic carbocycles. The topological polar surface area (TPSA) is 370 Å². The zero-order chi connectivity index (χ0) is 81.2. The third-order valence-electron chi connectivity index (χ3n) is 17.6. The summed E-state index contributed by atoms with van der Waals surface area (Å²) in [4.78, 5) is 139. The Bertz CT molecular complexity index is 4640. The Labute approximate surface area is 652 Å². The zero-order valence-electron chi connectivity index (χ0n) is 64.9. The summed E-state index contributed by atoms with van der Waals surface area (Å²) in [5, 5.41) is 19.5.